The van der Waals surface area contributed by atoms with Crippen molar-refractivity contribution in [2.75, 3.05) is 5.32 Å². The fraction of sp³-hybridized carbons (Fsp3) is 0.611. The molecule has 11 heteroatoms. The van der Waals surface area contributed by atoms with Crippen LogP contribution in [0.3, 0.4) is 0 Å². The molecule has 29 heavy (non-hydrogen) atoms. The molecule has 0 atom stereocenters. The van der Waals surface area contributed by atoms with Crippen molar-refractivity contribution < 1.29 is 28.7 Å². The molecule has 10 nitrogen and oxygen atoms in total. The minimum Gasteiger partial charge on any atom is -0.457 e. The van der Waals surface area contributed by atoms with E-state index >= 15 is 0 Å². The maximum Gasteiger partial charge on any atom is 0.413 e. The lowest BCUT2D eigenvalue weighted by atomic mass is 10.1. The zero-order valence-corrected chi connectivity index (χ0v) is 18.6. The maximum atomic E-state index is 12.2. The summed E-state index contributed by atoms with van der Waals surface area (Å²) in [5.41, 5.74) is 4.07. The molecule has 0 saturated carbocycles. The molecule has 0 spiro atoms. The smallest absolute Gasteiger partial charge is 0.413 e. The normalized spacial score (nSPS) is 12.9. The number of carbonyl (C=O) groups excluding carboxylic acids is 3. The fourth-order valence-corrected chi connectivity index (χ4v) is 2.31. The second kappa shape index (κ2) is 8.76. The zero-order chi connectivity index (χ0) is 22.6. The van der Waals surface area contributed by atoms with Crippen molar-refractivity contribution in [2.24, 2.45) is 5.16 Å². The Morgan fingerprint density at radius 2 is 1.59 bits per heavy atom. The Morgan fingerprint density at radius 3 is 2.07 bits per heavy atom. The molecule has 1 rings (SSSR count). The summed E-state index contributed by atoms with van der Waals surface area (Å²) in [5.74, 6) is -1.85. The molecule has 0 aliphatic heterocycles. The Kier molecular flexibility index (Phi) is 7.36. The lowest BCUT2D eigenvalue weighted by molar-refractivity contribution is -0.179. The highest BCUT2D eigenvalue weighted by atomic mass is 32.1. The second-order valence-corrected chi connectivity index (χ2v) is 9.40. The van der Waals surface area contributed by atoms with Crippen LogP contribution in [-0.2, 0) is 23.9 Å². The lowest BCUT2D eigenvalue weighted by Crippen LogP contribution is -2.40. The molecule has 1 heterocycles. The molecule has 0 aliphatic carbocycles. The van der Waals surface area contributed by atoms with E-state index in [2.05, 4.69) is 15.5 Å². The van der Waals surface area contributed by atoms with Crippen molar-refractivity contribution in [1.82, 2.24) is 10.7 Å². The van der Waals surface area contributed by atoms with Crippen molar-refractivity contribution in [3.8, 4) is 0 Å². The molecule has 1 radical (unpaired) electrons. The highest BCUT2D eigenvalue weighted by Crippen LogP contribution is 2.20. The van der Waals surface area contributed by atoms with Gasteiger partial charge in [0.2, 0.25) is 5.60 Å². The molecular formula is C18H27N4O6S. The molecule has 2 N–H and O–H groups in total. The van der Waals surface area contributed by atoms with Crippen molar-refractivity contribution in [3.63, 3.8) is 0 Å². The van der Waals surface area contributed by atoms with E-state index in [-0.39, 0.29) is 10.8 Å². The maximum absolute atomic E-state index is 12.2. The van der Waals surface area contributed by atoms with E-state index < -0.39 is 40.5 Å². The van der Waals surface area contributed by atoms with Gasteiger partial charge in [0.05, 0.1) is 0 Å². The number of oxime groups is 1. The summed E-state index contributed by atoms with van der Waals surface area (Å²) < 4.78 is 10.4. The Hall–Kier alpha value is -2.69. The number of amides is 2. The highest BCUT2D eigenvalue weighted by Gasteiger charge is 2.36. The van der Waals surface area contributed by atoms with Gasteiger partial charge in [-0.2, -0.15) is 0 Å². The molecule has 0 aliphatic rings. The summed E-state index contributed by atoms with van der Waals surface area (Å²) in [6, 6.07) is 0. The molecule has 0 saturated heterocycles. The van der Waals surface area contributed by atoms with E-state index in [1.165, 1.54) is 19.2 Å². The SMILES string of the molecule is CC(C)(C)OC(=O)Nc1nc(/C(=N\OC(C)(C)C(=O)OC(C)(C)C)C([NH])=O)cs1. The van der Waals surface area contributed by atoms with Gasteiger partial charge in [0, 0.05) is 5.38 Å². The van der Waals surface area contributed by atoms with Crippen LogP contribution in [-0.4, -0.2) is 45.5 Å². The third kappa shape index (κ3) is 8.46. The van der Waals surface area contributed by atoms with Crippen LogP contribution in [0.5, 0.6) is 0 Å². The zero-order valence-electron chi connectivity index (χ0n) is 17.8. The van der Waals surface area contributed by atoms with Gasteiger partial charge in [-0.1, -0.05) is 5.16 Å². The van der Waals surface area contributed by atoms with Gasteiger partial charge in [-0.05, 0) is 55.4 Å². The standard InChI is InChI=1S/C18H27N4O6S/c1-16(2,3)26-13(24)18(7,8)28-22-11(12(19)23)10-9-29-14(20-10)21-15(25)27-17(4,5)6/h9,19H,1-8H3,(H,20,21,25)/b22-11+. The Morgan fingerprint density at radius 1 is 1.03 bits per heavy atom. The largest absolute Gasteiger partial charge is 0.457 e. The number of esters is 1. The van der Waals surface area contributed by atoms with Crippen molar-refractivity contribution in [2.45, 2.75) is 72.2 Å². The van der Waals surface area contributed by atoms with Crippen LogP contribution < -0.4 is 11.1 Å². The van der Waals surface area contributed by atoms with Crippen molar-refractivity contribution in [3.05, 3.63) is 11.1 Å². The molecule has 1 aromatic heterocycles. The number of rotatable bonds is 6. The first-order valence-corrected chi connectivity index (χ1v) is 9.59. The Balaban J connectivity index is 2.96. The second-order valence-electron chi connectivity index (χ2n) is 8.54. The number of nitrogens with zero attached hydrogens (tertiary/aromatic N) is 2. The molecule has 0 unspecified atom stereocenters. The van der Waals surface area contributed by atoms with Crippen LogP contribution in [0.4, 0.5) is 9.93 Å². The van der Waals surface area contributed by atoms with Gasteiger partial charge < -0.3 is 14.3 Å². The number of thiazole rings is 1. The van der Waals surface area contributed by atoms with E-state index in [0.29, 0.717) is 0 Å². The van der Waals surface area contributed by atoms with Gasteiger partial charge in [-0.25, -0.2) is 14.6 Å². The number of hydrogen-bond acceptors (Lipinski definition) is 9. The molecule has 161 valence electrons. The number of anilines is 1. The number of ether oxygens (including phenoxy) is 2. The summed E-state index contributed by atoms with van der Waals surface area (Å²) in [4.78, 5) is 44.9. The Labute approximate surface area is 173 Å². The Bertz CT molecular complexity index is 802. The van der Waals surface area contributed by atoms with E-state index in [4.69, 9.17) is 20.0 Å². The third-order valence-corrected chi connectivity index (χ3v) is 3.58. The van der Waals surface area contributed by atoms with E-state index in [1.807, 2.05) is 0 Å². The average Bonchev–Trinajstić information content (AvgIpc) is 2.91. The van der Waals surface area contributed by atoms with E-state index in [0.717, 1.165) is 11.3 Å². The number of nitrogens with one attached hydrogen (secondary N) is 2. The van der Waals surface area contributed by atoms with Crippen LogP contribution in [0.15, 0.2) is 10.5 Å². The first-order valence-electron chi connectivity index (χ1n) is 8.71. The van der Waals surface area contributed by atoms with E-state index in [9.17, 15) is 14.4 Å². The minimum absolute atomic E-state index is 0.0149. The molecule has 0 fully saturated rings. The fourth-order valence-electron chi connectivity index (χ4n) is 1.63. The van der Waals surface area contributed by atoms with Gasteiger partial charge in [0.25, 0.3) is 5.91 Å². The number of aromatic nitrogens is 1. The molecular weight excluding hydrogens is 400 g/mol. The first-order chi connectivity index (χ1) is 13.0. The van der Waals surface area contributed by atoms with Crippen molar-refractivity contribution in [1.29, 1.82) is 0 Å². The third-order valence-electron chi connectivity index (χ3n) is 2.83. The lowest BCUT2D eigenvalue weighted by Gasteiger charge is -2.26. The van der Waals surface area contributed by atoms with Gasteiger partial charge >= 0.3 is 12.1 Å². The number of hydrogen-bond donors (Lipinski definition) is 1. The predicted molar refractivity (Wildman–Crippen MR) is 108 cm³/mol. The van der Waals surface area contributed by atoms with Gasteiger partial charge in [0.15, 0.2) is 10.8 Å². The molecule has 0 bridgehead atoms. The first kappa shape index (κ1) is 24.3. The number of carbonyl (C=O) groups is 3. The quantitative estimate of drug-likeness (QED) is 0.418. The summed E-state index contributed by atoms with van der Waals surface area (Å²) >= 11 is 1.01. The van der Waals surface area contributed by atoms with Gasteiger partial charge in [-0.15, -0.1) is 11.3 Å². The molecule has 0 aromatic carbocycles. The summed E-state index contributed by atoms with van der Waals surface area (Å²) in [5, 5.41) is 7.65. The van der Waals surface area contributed by atoms with Gasteiger partial charge in [0.1, 0.15) is 16.9 Å². The van der Waals surface area contributed by atoms with Crippen LogP contribution >= 0.6 is 11.3 Å². The summed E-state index contributed by atoms with van der Waals surface area (Å²) in [6.07, 6.45) is -0.712. The highest BCUT2D eigenvalue weighted by molar-refractivity contribution is 7.14. The monoisotopic (exact) mass is 427 g/mol. The van der Waals surface area contributed by atoms with Crippen LogP contribution in [0.2, 0.25) is 0 Å². The topological polar surface area (TPSA) is 140 Å². The predicted octanol–water partition coefficient (Wildman–Crippen LogP) is 3.14. The summed E-state index contributed by atoms with van der Waals surface area (Å²) in [6.45, 7) is 13.1. The minimum atomic E-state index is -1.50. The van der Waals surface area contributed by atoms with Gasteiger partial charge in [-0.3, -0.25) is 15.8 Å². The molecule has 1 aromatic rings. The van der Waals surface area contributed by atoms with Crippen LogP contribution in [0.1, 0.15) is 61.1 Å². The van der Waals surface area contributed by atoms with Crippen molar-refractivity contribution >= 4 is 40.1 Å². The van der Waals surface area contributed by atoms with Crippen LogP contribution in [0.25, 0.3) is 0 Å². The molecule has 2 amide bonds. The average molecular weight is 428 g/mol. The van der Waals surface area contributed by atoms with Crippen LogP contribution in [0, 0.1) is 0 Å². The van der Waals surface area contributed by atoms with E-state index in [1.54, 1.807) is 41.5 Å². The summed E-state index contributed by atoms with van der Waals surface area (Å²) in [7, 11) is 0.